The molecule has 0 unspecified atom stereocenters. The van der Waals surface area contributed by atoms with E-state index in [4.69, 9.17) is 0 Å². The summed E-state index contributed by atoms with van der Waals surface area (Å²) in [6.45, 7) is 0. The smallest absolute Gasteiger partial charge is 0.148 e. The first-order valence-corrected chi connectivity index (χ1v) is 5.34. The van der Waals surface area contributed by atoms with Crippen molar-refractivity contribution < 1.29 is 0 Å². The second-order valence-electron chi connectivity index (χ2n) is 3.08. The molecule has 1 aliphatic heterocycles. The highest BCUT2D eigenvalue weighted by Crippen LogP contribution is 2.20. The van der Waals surface area contributed by atoms with Gasteiger partial charge in [0.2, 0.25) is 0 Å². The monoisotopic (exact) mass is 183 g/mol. The molecule has 0 aliphatic carbocycles. The number of rotatable bonds is 2. The summed E-state index contributed by atoms with van der Waals surface area (Å²) in [7, 11) is 1.94. The molecule has 1 atom stereocenters. The Labute approximate surface area is 76.5 Å². The lowest BCUT2D eigenvalue weighted by molar-refractivity contribution is 0.752. The van der Waals surface area contributed by atoms with Gasteiger partial charge in [-0.25, -0.2) is 0 Å². The van der Waals surface area contributed by atoms with Gasteiger partial charge in [-0.15, -0.1) is 0 Å². The summed E-state index contributed by atoms with van der Waals surface area (Å²) >= 11 is 2.01. The standard InChI is InChI=1S/C8H13N3S/c1-11-4-2-8(10-11)9-7-3-5-12-6-7/h2,4,7H,3,5-6H2,1H3,(H,9,10)/t7-/m1/s1. The summed E-state index contributed by atoms with van der Waals surface area (Å²) in [4.78, 5) is 0. The topological polar surface area (TPSA) is 29.9 Å². The molecule has 0 aromatic carbocycles. The summed E-state index contributed by atoms with van der Waals surface area (Å²) in [5.41, 5.74) is 0. The lowest BCUT2D eigenvalue weighted by atomic mass is 10.3. The van der Waals surface area contributed by atoms with Crippen LogP contribution in [0.15, 0.2) is 12.3 Å². The normalized spacial score (nSPS) is 22.9. The van der Waals surface area contributed by atoms with E-state index < -0.39 is 0 Å². The summed E-state index contributed by atoms with van der Waals surface area (Å²) < 4.78 is 1.82. The molecular weight excluding hydrogens is 170 g/mol. The van der Waals surface area contributed by atoms with E-state index >= 15 is 0 Å². The second kappa shape index (κ2) is 3.39. The van der Waals surface area contributed by atoms with Gasteiger partial charge in [0.1, 0.15) is 5.82 Å². The molecule has 0 bridgehead atoms. The molecule has 1 aliphatic rings. The van der Waals surface area contributed by atoms with Crippen LogP contribution in [0.1, 0.15) is 6.42 Å². The molecule has 12 heavy (non-hydrogen) atoms. The van der Waals surface area contributed by atoms with Crippen LogP contribution in [0, 0.1) is 0 Å². The van der Waals surface area contributed by atoms with Crippen LogP contribution in [0.2, 0.25) is 0 Å². The molecule has 1 aromatic rings. The maximum absolute atomic E-state index is 4.27. The molecule has 1 saturated heterocycles. The second-order valence-corrected chi connectivity index (χ2v) is 4.23. The zero-order valence-corrected chi connectivity index (χ0v) is 7.97. The molecule has 4 heteroatoms. The summed E-state index contributed by atoms with van der Waals surface area (Å²) in [6, 6.07) is 2.65. The number of anilines is 1. The van der Waals surface area contributed by atoms with Gasteiger partial charge in [-0.2, -0.15) is 16.9 Å². The van der Waals surface area contributed by atoms with Crippen molar-refractivity contribution in [1.82, 2.24) is 9.78 Å². The molecule has 2 heterocycles. The number of hydrogen-bond donors (Lipinski definition) is 1. The molecule has 0 amide bonds. The van der Waals surface area contributed by atoms with Crippen LogP contribution < -0.4 is 5.32 Å². The summed E-state index contributed by atoms with van der Waals surface area (Å²) in [6.07, 6.45) is 3.23. The molecule has 1 fully saturated rings. The van der Waals surface area contributed by atoms with Crippen molar-refractivity contribution in [3.05, 3.63) is 12.3 Å². The van der Waals surface area contributed by atoms with Crippen molar-refractivity contribution in [2.45, 2.75) is 12.5 Å². The van der Waals surface area contributed by atoms with E-state index in [9.17, 15) is 0 Å². The van der Waals surface area contributed by atoms with Gasteiger partial charge >= 0.3 is 0 Å². The Morgan fingerprint density at radius 2 is 2.67 bits per heavy atom. The molecule has 66 valence electrons. The van der Waals surface area contributed by atoms with E-state index in [0.717, 1.165) is 5.82 Å². The van der Waals surface area contributed by atoms with Gasteiger partial charge < -0.3 is 5.32 Å². The van der Waals surface area contributed by atoms with Crippen molar-refractivity contribution >= 4 is 17.6 Å². The van der Waals surface area contributed by atoms with Crippen LogP contribution in [0.3, 0.4) is 0 Å². The lowest BCUT2D eigenvalue weighted by Gasteiger charge is -2.08. The van der Waals surface area contributed by atoms with E-state index in [2.05, 4.69) is 10.4 Å². The van der Waals surface area contributed by atoms with Crippen molar-refractivity contribution in [2.24, 2.45) is 7.05 Å². The van der Waals surface area contributed by atoms with Gasteiger partial charge in [0.15, 0.2) is 0 Å². The van der Waals surface area contributed by atoms with Gasteiger partial charge in [0.05, 0.1) is 0 Å². The van der Waals surface area contributed by atoms with Gasteiger partial charge in [-0.3, -0.25) is 4.68 Å². The van der Waals surface area contributed by atoms with Crippen LogP contribution in [-0.4, -0.2) is 27.3 Å². The minimum Gasteiger partial charge on any atom is -0.365 e. The fraction of sp³-hybridized carbons (Fsp3) is 0.625. The number of aryl methyl sites for hydroxylation is 1. The van der Waals surface area contributed by atoms with E-state index in [1.165, 1.54) is 17.9 Å². The largest absolute Gasteiger partial charge is 0.365 e. The zero-order chi connectivity index (χ0) is 8.39. The fourth-order valence-electron chi connectivity index (χ4n) is 1.35. The maximum Gasteiger partial charge on any atom is 0.148 e. The molecular formula is C8H13N3S. The van der Waals surface area contributed by atoms with Gasteiger partial charge in [-0.1, -0.05) is 0 Å². The van der Waals surface area contributed by atoms with Crippen LogP contribution in [0.5, 0.6) is 0 Å². The first-order chi connectivity index (χ1) is 5.84. The van der Waals surface area contributed by atoms with E-state index in [0.29, 0.717) is 6.04 Å². The highest BCUT2D eigenvalue weighted by atomic mass is 32.2. The Kier molecular flexibility index (Phi) is 2.26. The fourth-order valence-corrected chi connectivity index (χ4v) is 2.50. The van der Waals surface area contributed by atoms with Gasteiger partial charge in [-0.05, 0) is 12.2 Å². The minimum absolute atomic E-state index is 0.630. The molecule has 3 nitrogen and oxygen atoms in total. The average Bonchev–Trinajstić information content (AvgIpc) is 2.63. The van der Waals surface area contributed by atoms with Crippen LogP contribution in [0.25, 0.3) is 0 Å². The first-order valence-electron chi connectivity index (χ1n) is 4.18. The van der Waals surface area contributed by atoms with Crippen molar-refractivity contribution in [3.8, 4) is 0 Å². The van der Waals surface area contributed by atoms with Crippen molar-refractivity contribution in [2.75, 3.05) is 16.8 Å². The Morgan fingerprint density at radius 3 is 3.25 bits per heavy atom. The number of nitrogens with one attached hydrogen (secondary N) is 1. The third kappa shape index (κ3) is 1.75. The van der Waals surface area contributed by atoms with Crippen LogP contribution in [-0.2, 0) is 7.05 Å². The third-order valence-corrected chi connectivity index (χ3v) is 3.16. The molecule has 1 aromatic heterocycles. The third-order valence-electron chi connectivity index (χ3n) is 2.00. The minimum atomic E-state index is 0.630. The Morgan fingerprint density at radius 1 is 1.75 bits per heavy atom. The zero-order valence-electron chi connectivity index (χ0n) is 7.16. The molecule has 2 rings (SSSR count). The van der Waals surface area contributed by atoms with E-state index in [1.807, 2.05) is 35.8 Å². The van der Waals surface area contributed by atoms with Gasteiger partial charge in [0.25, 0.3) is 0 Å². The van der Waals surface area contributed by atoms with Gasteiger partial charge in [0, 0.05) is 31.1 Å². The average molecular weight is 183 g/mol. The highest BCUT2D eigenvalue weighted by Gasteiger charge is 2.15. The number of nitrogens with zero attached hydrogens (tertiary/aromatic N) is 2. The summed E-state index contributed by atoms with van der Waals surface area (Å²) in [5.74, 6) is 3.51. The van der Waals surface area contributed by atoms with Crippen LogP contribution >= 0.6 is 11.8 Å². The van der Waals surface area contributed by atoms with E-state index in [-0.39, 0.29) is 0 Å². The molecule has 0 saturated carbocycles. The van der Waals surface area contributed by atoms with E-state index in [1.54, 1.807) is 0 Å². The quantitative estimate of drug-likeness (QED) is 0.750. The lowest BCUT2D eigenvalue weighted by Crippen LogP contribution is -2.18. The Bertz CT molecular complexity index is 253. The predicted molar refractivity (Wildman–Crippen MR) is 52.6 cm³/mol. The highest BCUT2D eigenvalue weighted by molar-refractivity contribution is 7.99. The van der Waals surface area contributed by atoms with Crippen LogP contribution in [0.4, 0.5) is 5.82 Å². The predicted octanol–water partition coefficient (Wildman–Crippen LogP) is 1.34. The number of aromatic nitrogens is 2. The van der Waals surface area contributed by atoms with Crippen molar-refractivity contribution in [1.29, 1.82) is 0 Å². The summed E-state index contributed by atoms with van der Waals surface area (Å²) in [5, 5.41) is 7.68. The molecule has 0 spiro atoms. The number of hydrogen-bond acceptors (Lipinski definition) is 3. The Hall–Kier alpha value is -0.640. The van der Waals surface area contributed by atoms with Crippen molar-refractivity contribution in [3.63, 3.8) is 0 Å². The Balaban J connectivity index is 1.94. The SMILES string of the molecule is Cn1ccc(N[C@@H]2CCSC2)n1. The maximum atomic E-state index is 4.27. The first kappa shape index (κ1) is 7.98. The molecule has 1 N–H and O–H groups in total. The number of thioether (sulfide) groups is 1. The molecule has 0 radical (unpaired) electrons.